The Morgan fingerprint density at radius 3 is 2.59 bits per heavy atom. The summed E-state index contributed by atoms with van der Waals surface area (Å²) in [4.78, 5) is 39.9. The van der Waals surface area contributed by atoms with E-state index in [0.29, 0.717) is 17.1 Å². The predicted molar refractivity (Wildman–Crippen MR) is 116 cm³/mol. The molecule has 2 aromatic heterocycles. The summed E-state index contributed by atoms with van der Waals surface area (Å²) in [6.45, 7) is 3.77. The summed E-state index contributed by atoms with van der Waals surface area (Å²) in [6, 6.07) is 8.89. The van der Waals surface area contributed by atoms with E-state index in [9.17, 15) is 14.4 Å². The van der Waals surface area contributed by atoms with Crippen LogP contribution in [0.5, 0.6) is 0 Å². The van der Waals surface area contributed by atoms with Gasteiger partial charge in [-0.3, -0.25) is 19.5 Å². The molecule has 0 unspecified atom stereocenters. The van der Waals surface area contributed by atoms with Crippen LogP contribution in [0.15, 0.2) is 40.9 Å². The lowest BCUT2D eigenvalue weighted by molar-refractivity contribution is -0.139. The number of methoxy groups -OCH3 is 1. The lowest BCUT2D eigenvalue weighted by Crippen LogP contribution is -2.33. The number of amides is 2. The van der Waals surface area contributed by atoms with Crippen molar-refractivity contribution in [1.82, 2.24) is 25.8 Å². The van der Waals surface area contributed by atoms with E-state index >= 15 is 0 Å². The van der Waals surface area contributed by atoms with Crippen LogP contribution >= 0.6 is 0 Å². The molecule has 0 bridgehead atoms. The Hall–Kier alpha value is -3.95. The lowest BCUT2D eigenvalue weighted by Gasteiger charge is -2.12. The van der Waals surface area contributed by atoms with E-state index in [-0.39, 0.29) is 29.9 Å². The van der Waals surface area contributed by atoms with Crippen molar-refractivity contribution in [2.75, 3.05) is 13.7 Å². The molecular weight excluding hydrogens is 414 g/mol. The largest absolute Gasteiger partial charge is 0.468 e. The summed E-state index contributed by atoms with van der Waals surface area (Å²) in [7, 11) is 1.24. The molecule has 1 aromatic carbocycles. The Kier molecular flexibility index (Phi) is 7.37. The number of aromatic amines is 1. The van der Waals surface area contributed by atoms with Gasteiger partial charge in [0.1, 0.15) is 6.54 Å². The fraction of sp³-hybridized carbons (Fsp3) is 0.318. The highest BCUT2D eigenvalue weighted by Gasteiger charge is 2.17. The Labute approximate surface area is 184 Å². The summed E-state index contributed by atoms with van der Waals surface area (Å²) in [5.74, 6) is -0.916. The molecule has 0 atom stereocenters. The number of H-pyrrole nitrogens is 1. The molecule has 0 radical (unpaired) electrons. The van der Waals surface area contributed by atoms with E-state index < -0.39 is 11.9 Å². The number of benzene rings is 1. The van der Waals surface area contributed by atoms with Crippen LogP contribution < -0.4 is 10.6 Å². The minimum absolute atomic E-state index is 0.0822. The molecule has 3 aromatic rings. The minimum Gasteiger partial charge on any atom is -0.468 e. The van der Waals surface area contributed by atoms with Gasteiger partial charge in [-0.05, 0) is 31.0 Å². The van der Waals surface area contributed by atoms with Gasteiger partial charge in [-0.25, -0.2) is 4.98 Å². The zero-order valence-corrected chi connectivity index (χ0v) is 18.1. The maximum atomic E-state index is 12.4. The number of carbonyl (C=O) groups excluding carboxylic acids is 3. The molecule has 3 N–H and O–H groups in total. The molecular formula is C22H25N5O5. The van der Waals surface area contributed by atoms with Gasteiger partial charge < -0.3 is 19.8 Å². The summed E-state index contributed by atoms with van der Waals surface area (Å²) in [5, 5.41) is 12.1. The number of hydrogen-bond acceptors (Lipinski definition) is 7. The summed E-state index contributed by atoms with van der Waals surface area (Å²) in [6.07, 6.45) is 3.07. The van der Waals surface area contributed by atoms with Gasteiger partial charge in [-0.2, -0.15) is 5.10 Å². The predicted octanol–water partition coefficient (Wildman–Crippen LogP) is 2.55. The first kappa shape index (κ1) is 22.7. The maximum Gasteiger partial charge on any atom is 0.325 e. The lowest BCUT2D eigenvalue weighted by atomic mass is 10.1. The molecule has 10 nitrogen and oxygen atoms in total. The number of oxazole rings is 1. The number of ether oxygens (including phenoxy) is 1. The van der Waals surface area contributed by atoms with E-state index in [2.05, 4.69) is 30.6 Å². The van der Waals surface area contributed by atoms with Gasteiger partial charge in [0, 0.05) is 17.2 Å². The minimum atomic E-state index is -0.555. The zero-order chi connectivity index (χ0) is 23.1. The molecule has 32 heavy (non-hydrogen) atoms. The maximum absolute atomic E-state index is 12.4. The van der Waals surface area contributed by atoms with Gasteiger partial charge >= 0.3 is 5.97 Å². The first-order valence-corrected chi connectivity index (χ1v) is 10.2. The van der Waals surface area contributed by atoms with Crippen molar-refractivity contribution in [3.8, 4) is 22.7 Å². The number of esters is 1. The average Bonchev–Trinajstić information content (AvgIpc) is 3.51. The van der Waals surface area contributed by atoms with E-state index in [1.165, 1.54) is 13.3 Å². The number of aromatic nitrogens is 3. The highest BCUT2D eigenvalue weighted by Crippen LogP contribution is 2.25. The molecule has 2 heterocycles. The molecule has 0 spiro atoms. The number of carbonyl (C=O) groups is 3. The fourth-order valence-corrected chi connectivity index (χ4v) is 2.98. The van der Waals surface area contributed by atoms with Crippen LogP contribution in [0.2, 0.25) is 0 Å². The van der Waals surface area contributed by atoms with E-state index in [4.69, 9.17) is 4.42 Å². The van der Waals surface area contributed by atoms with E-state index in [1.807, 2.05) is 19.9 Å². The van der Waals surface area contributed by atoms with Crippen molar-refractivity contribution in [3.63, 3.8) is 0 Å². The number of nitrogens with zero attached hydrogens (tertiary/aromatic N) is 2. The molecule has 0 saturated carbocycles. The Morgan fingerprint density at radius 2 is 1.88 bits per heavy atom. The third kappa shape index (κ3) is 5.39. The third-order valence-electron chi connectivity index (χ3n) is 4.90. The van der Waals surface area contributed by atoms with Gasteiger partial charge in [0.15, 0.2) is 5.69 Å². The second-order valence-electron chi connectivity index (χ2n) is 7.02. The monoisotopic (exact) mass is 439 g/mol. The van der Waals surface area contributed by atoms with Crippen molar-refractivity contribution in [2.45, 2.75) is 32.7 Å². The molecule has 2 amide bonds. The number of rotatable bonds is 9. The molecule has 0 aliphatic rings. The second kappa shape index (κ2) is 10.4. The number of nitrogens with one attached hydrogen (secondary N) is 3. The molecule has 0 aliphatic carbocycles. The number of hydrogen-bond donors (Lipinski definition) is 3. The second-order valence-corrected chi connectivity index (χ2v) is 7.02. The van der Waals surface area contributed by atoms with Crippen LogP contribution in [0.25, 0.3) is 22.7 Å². The molecule has 10 heteroatoms. The van der Waals surface area contributed by atoms with Crippen molar-refractivity contribution in [1.29, 1.82) is 0 Å². The van der Waals surface area contributed by atoms with Crippen LogP contribution in [0.3, 0.4) is 0 Å². The third-order valence-corrected chi connectivity index (χ3v) is 4.90. The Morgan fingerprint density at radius 1 is 1.12 bits per heavy atom. The smallest absolute Gasteiger partial charge is 0.325 e. The quantitative estimate of drug-likeness (QED) is 0.435. The normalized spacial score (nSPS) is 10.8. The van der Waals surface area contributed by atoms with Crippen LogP contribution in [-0.2, 0) is 9.53 Å². The average molecular weight is 439 g/mol. The van der Waals surface area contributed by atoms with Crippen LogP contribution in [-0.4, -0.2) is 52.7 Å². The fourth-order valence-electron chi connectivity index (χ4n) is 2.98. The van der Waals surface area contributed by atoms with Crippen molar-refractivity contribution in [3.05, 3.63) is 48.0 Å². The van der Waals surface area contributed by atoms with Gasteiger partial charge in [0.2, 0.25) is 11.7 Å². The SMILES string of the molecule is CCC(CC)NC(=O)c1cnc(-c2cccc(-c3cc(C(=O)NCC(=O)OC)n[nH]3)c2)o1. The van der Waals surface area contributed by atoms with Crippen molar-refractivity contribution >= 4 is 17.8 Å². The van der Waals surface area contributed by atoms with Crippen LogP contribution in [0.4, 0.5) is 0 Å². The van der Waals surface area contributed by atoms with Crippen LogP contribution in [0.1, 0.15) is 47.7 Å². The van der Waals surface area contributed by atoms with E-state index in [0.717, 1.165) is 18.4 Å². The summed E-state index contributed by atoms with van der Waals surface area (Å²) in [5.41, 5.74) is 2.12. The highest BCUT2D eigenvalue weighted by molar-refractivity contribution is 5.95. The highest BCUT2D eigenvalue weighted by atomic mass is 16.5. The van der Waals surface area contributed by atoms with Gasteiger partial charge in [-0.1, -0.05) is 26.0 Å². The standard InChI is InChI=1S/C22H25N5O5/c1-4-15(5-2)25-21(30)18-11-24-22(32-18)14-8-6-7-13(9-14)16-10-17(27-26-16)20(29)23-12-19(28)31-3/h6-11,15H,4-5,12H2,1-3H3,(H,23,29)(H,25,30)(H,26,27). The topological polar surface area (TPSA) is 139 Å². The summed E-state index contributed by atoms with van der Waals surface area (Å²) >= 11 is 0. The molecule has 168 valence electrons. The summed E-state index contributed by atoms with van der Waals surface area (Å²) < 4.78 is 10.2. The van der Waals surface area contributed by atoms with Crippen molar-refractivity contribution in [2.24, 2.45) is 0 Å². The molecule has 0 aliphatic heterocycles. The van der Waals surface area contributed by atoms with Crippen LogP contribution in [0, 0.1) is 0 Å². The van der Waals surface area contributed by atoms with E-state index in [1.54, 1.807) is 24.3 Å². The first-order valence-electron chi connectivity index (χ1n) is 10.2. The van der Waals surface area contributed by atoms with Gasteiger partial charge in [-0.15, -0.1) is 0 Å². The molecule has 3 rings (SSSR count). The first-order chi connectivity index (χ1) is 15.4. The Balaban J connectivity index is 1.73. The molecule has 0 fully saturated rings. The zero-order valence-electron chi connectivity index (χ0n) is 18.1. The Bertz CT molecular complexity index is 1100. The van der Waals surface area contributed by atoms with Gasteiger partial charge in [0.05, 0.1) is 19.0 Å². The molecule has 0 saturated heterocycles. The van der Waals surface area contributed by atoms with Crippen molar-refractivity contribution < 1.29 is 23.5 Å². The van der Waals surface area contributed by atoms with Gasteiger partial charge in [0.25, 0.3) is 11.8 Å².